The Balaban J connectivity index is 1.93. The fourth-order valence-electron chi connectivity index (χ4n) is 2.60. The van der Waals surface area contributed by atoms with E-state index in [1.807, 2.05) is 6.92 Å². The molecule has 1 amide bonds. The number of hydrogen-bond donors (Lipinski definition) is 1. The maximum atomic E-state index is 11.7. The standard InChI is InChI=1S/C17H25N3O2S/c1-5-22-17(21)20-8-6-19(7-9-20)16(23)18-15-11-13(3)12(2)10-14(15)4/h10-11H,5-9H2,1-4H3,(H,18,23). The quantitative estimate of drug-likeness (QED) is 0.842. The second kappa shape index (κ2) is 7.64. The van der Waals surface area contributed by atoms with Crippen molar-refractivity contribution in [1.82, 2.24) is 9.80 Å². The SMILES string of the molecule is CCOC(=O)N1CCN(C(=S)Nc2cc(C)c(C)cc2C)CC1. The summed E-state index contributed by atoms with van der Waals surface area (Å²) >= 11 is 5.53. The van der Waals surface area contributed by atoms with Crippen molar-refractivity contribution < 1.29 is 9.53 Å². The summed E-state index contributed by atoms with van der Waals surface area (Å²) in [5, 5.41) is 4.05. The van der Waals surface area contributed by atoms with Gasteiger partial charge in [0.05, 0.1) is 6.61 Å². The van der Waals surface area contributed by atoms with Crippen LogP contribution in [-0.4, -0.2) is 53.8 Å². The van der Waals surface area contributed by atoms with Crippen LogP contribution in [0, 0.1) is 20.8 Å². The summed E-state index contributed by atoms with van der Waals surface area (Å²) < 4.78 is 5.03. The summed E-state index contributed by atoms with van der Waals surface area (Å²) in [6, 6.07) is 4.30. The van der Waals surface area contributed by atoms with Crippen molar-refractivity contribution >= 4 is 29.1 Å². The molecule has 1 fully saturated rings. The van der Waals surface area contributed by atoms with Crippen molar-refractivity contribution in [2.24, 2.45) is 0 Å². The third kappa shape index (κ3) is 4.34. The first-order valence-corrected chi connectivity index (χ1v) is 8.38. The summed E-state index contributed by atoms with van der Waals surface area (Å²) in [5.74, 6) is 0. The number of benzene rings is 1. The molecule has 1 saturated heterocycles. The fraction of sp³-hybridized carbons (Fsp3) is 0.529. The molecule has 6 heteroatoms. The number of carbonyl (C=O) groups is 1. The maximum absolute atomic E-state index is 11.7. The van der Waals surface area contributed by atoms with Crippen molar-refractivity contribution in [2.75, 3.05) is 38.1 Å². The van der Waals surface area contributed by atoms with E-state index >= 15 is 0 Å². The molecule has 0 aromatic heterocycles. The molecule has 1 aliphatic rings. The summed E-state index contributed by atoms with van der Waals surface area (Å²) in [4.78, 5) is 15.5. The van der Waals surface area contributed by atoms with Crippen LogP contribution in [0.3, 0.4) is 0 Å². The number of nitrogens with one attached hydrogen (secondary N) is 1. The molecule has 1 aromatic carbocycles. The zero-order chi connectivity index (χ0) is 17.0. The Bertz CT molecular complexity index is 596. The number of aryl methyl sites for hydroxylation is 3. The minimum Gasteiger partial charge on any atom is -0.450 e. The first-order chi connectivity index (χ1) is 10.9. The third-order valence-corrected chi connectivity index (χ3v) is 4.54. The van der Waals surface area contributed by atoms with Crippen LogP contribution in [0.5, 0.6) is 0 Å². The second-order valence-corrected chi connectivity index (χ2v) is 6.24. The smallest absolute Gasteiger partial charge is 0.409 e. The zero-order valence-corrected chi connectivity index (χ0v) is 15.1. The minimum atomic E-state index is -0.240. The highest BCUT2D eigenvalue weighted by molar-refractivity contribution is 7.80. The number of amides is 1. The van der Waals surface area contributed by atoms with E-state index in [0.29, 0.717) is 37.9 Å². The van der Waals surface area contributed by atoms with E-state index in [1.54, 1.807) is 4.90 Å². The fourth-order valence-corrected chi connectivity index (χ4v) is 2.89. The molecule has 126 valence electrons. The van der Waals surface area contributed by atoms with Gasteiger partial charge in [-0.1, -0.05) is 6.07 Å². The van der Waals surface area contributed by atoms with E-state index in [0.717, 1.165) is 5.69 Å². The predicted octanol–water partition coefficient (Wildman–Crippen LogP) is 3.08. The lowest BCUT2D eigenvalue weighted by atomic mass is 10.1. The highest BCUT2D eigenvalue weighted by Gasteiger charge is 2.23. The van der Waals surface area contributed by atoms with E-state index < -0.39 is 0 Å². The molecule has 0 unspecified atom stereocenters. The molecule has 0 spiro atoms. The van der Waals surface area contributed by atoms with Crippen LogP contribution < -0.4 is 5.32 Å². The van der Waals surface area contributed by atoms with E-state index in [1.165, 1.54) is 16.7 Å². The third-order valence-electron chi connectivity index (χ3n) is 4.18. The van der Waals surface area contributed by atoms with Crippen LogP contribution in [0.4, 0.5) is 10.5 Å². The second-order valence-electron chi connectivity index (χ2n) is 5.85. The van der Waals surface area contributed by atoms with E-state index in [-0.39, 0.29) is 6.09 Å². The lowest BCUT2D eigenvalue weighted by molar-refractivity contribution is 0.0923. The number of piperazine rings is 1. The number of hydrogen-bond acceptors (Lipinski definition) is 3. The van der Waals surface area contributed by atoms with Crippen LogP contribution in [0.1, 0.15) is 23.6 Å². The van der Waals surface area contributed by atoms with Gasteiger partial charge >= 0.3 is 6.09 Å². The molecular formula is C17H25N3O2S. The van der Waals surface area contributed by atoms with Gasteiger partial charge in [0.2, 0.25) is 0 Å². The number of thiocarbonyl (C=S) groups is 1. The molecular weight excluding hydrogens is 310 g/mol. The van der Waals surface area contributed by atoms with Gasteiger partial charge in [-0.2, -0.15) is 0 Å². The molecule has 2 rings (SSSR count). The molecule has 0 saturated carbocycles. The normalized spacial score (nSPS) is 14.6. The Hall–Kier alpha value is -1.82. The van der Waals surface area contributed by atoms with Gasteiger partial charge in [-0.3, -0.25) is 0 Å². The summed E-state index contributed by atoms with van der Waals surface area (Å²) in [5.41, 5.74) is 4.75. The maximum Gasteiger partial charge on any atom is 0.409 e. The Morgan fingerprint density at radius 2 is 1.65 bits per heavy atom. The topological polar surface area (TPSA) is 44.8 Å². The van der Waals surface area contributed by atoms with E-state index in [4.69, 9.17) is 17.0 Å². The highest BCUT2D eigenvalue weighted by atomic mass is 32.1. The van der Waals surface area contributed by atoms with Crippen LogP contribution in [0.25, 0.3) is 0 Å². The van der Waals surface area contributed by atoms with Gasteiger partial charge < -0.3 is 19.9 Å². The van der Waals surface area contributed by atoms with E-state index in [2.05, 4.69) is 43.1 Å². The number of anilines is 1. The molecule has 0 aliphatic carbocycles. The molecule has 1 aliphatic heterocycles. The number of rotatable bonds is 2. The number of carbonyl (C=O) groups excluding carboxylic acids is 1. The first kappa shape index (κ1) is 17.5. The molecule has 0 radical (unpaired) electrons. The minimum absolute atomic E-state index is 0.240. The molecule has 5 nitrogen and oxygen atoms in total. The van der Waals surface area contributed by atoms with E-state index in [9.17, 15) is 4.79 Å². The zero-order valence-electron chi connectivity index (χ0n) is 14.3. The highest BCUT2D eigenvalue weighted by Crippen LogP contribution is 2.20. The van der Waals surface area contributed by atoms with Gasteiger partial charge in [0.15, 0.2) is 5.11 Å². The lowest BCUT2D eigenvalue weighted by Crippen LogP contribution is -2.51. The van der Waals surface area contributed by atoms with Gasteiger partial charge in [0, 0.05) is 31.9 Å². The lowest BCUT2D eigenvalue weighted by Gasteiger charge is -2.35. The molecule has 1 heterocycles. The average Bonchev–Trinajstić information content (AvgIpc) is 2.53. The Morgan fingerprint density at radius 1 is 1.09 bits per heavy atom. The van der Waals surface area contributed by atoms with Crippen molar-refractivity contribution in [3.63, 3.8) is 0 Å². The Morgan fingerprint density at radius 3 is 2.26 bits per heavy atom. The number of nitrogens with zero attached hydrogens (tertiary/aromatic N) is 2. The average molecular weight is 335 g/mol. The van der Waals surface area contributed by atoms with Crippen molar-refractivity contribution in [3.05, 3.63) is 28.8 Å². The summed E-state index contributed by atoms with van der Waals surface area (Å²) in [6.07, 6.45) is -0.240. The van der Waals surface area contributed by atoms with Gasteiger partial charge in [0.1, 0.15) is 0 Å². The van der Waals surface area contributed by atoms with Gasteiger partial charge in [-0.15, -0.1) is 0 Å². The largest absolute Gasteiger partial charge is 0.450 e. The molecule has 0 atom stereocenters. The van der Waals surface area contributed by atoms with Crippen LogP contribution in [0.15, 0.2) is 12.1 Å². The van der Waals surface area contributed by atoms with Gasteiger partial charge in [0.25, 0.3) is 0 Å². The van der Waals surface area contributed by atoms with Crippen LogP contribution >= 0.6 is 12.2 Å². The first-order valence-electron chi connectivity index (χ1n) is 7.97. The molecule has 1 aromatic rings. The van der Waals surface area contributed by atoms with Crippen molar-refractivity contribution in [3.8, 4) is 0 Å². The monoisotopic (exact) mass is 335 g/mol. The Kier molecular flexibility index (Phi) is 5.82. The van der Waals surface area contributed by atoms with Crippen LogP contribution in [0.2, 0.25) is 0 Å². The summed E-state index contributed by atoms with van der Waals surface area (Å²) in [7, 11) is 0. The molecule has 0 bridgehead atoms. The number of ether oxygens (including phenoxy) is 1. The summed E-state index contributed by atoms with van der Waals surface area (Å²) in [6.45, 7) is 11.2. The van der Waals surface area contributed by atoms with Crippen molar-refractivity contribution in [1.29, 1.82) is 0 Å². The molecule has 1 N–H and O–H groups in total. The predicted molar refractivity (Wildman–Crippen MR) is 97.0 cm³/mol. The molecule has 23 heavy (non-hydrogen) atoms. The van der Waals surface area contributed by atoms with Gasteiger partial charge in [-0.05, 0) is 62.7 Å². The van der Waals surface area contributed by atoms with Crippen LogP contribution in [-0.2, 0) is 4.74 Å². The van der Waals surface area contributed by atoms with Gasteiger partial charge in [-0.25, -0.2) is 4.79 Å². The Labute approximate surface area is 143 Å². The van der Waals surface area contributed by atoms with Crippen molar-refractivity contribution in [2.45, 2.75) is 27.7 Å².